The first-order valence-corrected chi connectivity index (χ1v) is 14.6. The van der Waals surface area contributed by atoms with Gasteiger partial charge in [0.05, 0.1) is 24.6 Å². The van der Waals surface area contributed by atoms with Gasteiger partial charge in [-0.15, -0.1) is 23.2 Å². The molecule has 8 nitrogen and oxygen atoms in total. The van der Waals surface area contributed by atoms with Crippen molar-refractivity contribution in [1.82, 2.24) is 4.90 Å². The lowest BCUT2D eigenvalue weighted by Gasteiger charge is -2.49. The predicted octanol–water partition coefficient (Wildman–Crippen LogP) is 5.10. The van der Waals surface area contributed by atoms with Gasteiger partial charge in [-0.3, -0.25) is 24.1 Å². The number of halogens is 3. The van der Waals surface area contributed by atoms with Gasteiger partial charge in [0.15, 0.2) is 21.2 Å². The fraction of sp³-hybridized carbons (Fsp3) is 0.355. The number of phenols is 1. The van der Waals surface area contributed by atoms with Crippen molar-refractivity contribution in [3.8, 4) is 11.5 Å². The number of benzene rings is 2. The van der Waals surface area contributed by atoms with Crippen LogP contribution in [0.2, 0.25) is 5.02 Å². The lowest BCUT2D eigenvalue weighted by molar-refractivity contribution is -0.138. The molecule has 42 heavy (non-hydrogen) atoms. The summed E-state index contributed by atoms with van der Waals surface area (Å²) in [5.74, 6) is -4.76. The van der Waals surface area contributed by atoms with Gasteiger partial charge in [-0.25, -0.2) is 4.90 Å². The van der Waals surface area contributed by atoms with E-state index in [0.717, 1.165) is 10.5 Å². The van der Waals surface area contributed by atoms with E-state index in [2.05, 4.69) is 0 Å². The van der Waals surface area contributed by atoms with E-state index in [1.165, 1.54) is 25.1 Å². The second-order valence-electron chi connectivity index (χ2n) is 11.3. The van der Waals surface area contributed by atoms with Crippen LogP contribution in [0.1, 0.15) is 24.0 Å². The van der Waals surface area contributed by atoms with Crippen LogP contribution in [0.4, 0.5) is 5.69 Å². The molecule has 0 unspecified atom stereocenters. The van der Waals surface area contributed by atoms with Gasteiger partial charge in [0, 0.05) is 18.0 Å². The Balaban J connectivity index is 1.45. The number of rotatable bonds is 4. The van der Waals surface area contributed by atoms with Gasteiger partial charge in [-0.1, -0.05) is 47.5 Å². The number of aromatic hydroxyl groups is 1. The monoisotopic (exact) mass is 628 g/mol. The van der Waals surface area contributed by atoms with E-state index in [9.17, 15) is 24.3 Å². The van der Waals surface area contributed by atoms with Crippen LogP contribution in [0, 0.1) is 30.6 Å². The number of carbonyl (C=O) groups is 4. The van der Waals surface area contributed by atoms with Gasteiger partial charge in [-0.05, 0) is 61.1 Å². The average Bonchev–Trinajstić information content (AvgIpc) is 3.29. The Bertz CT molecular complexity index is 1640. The molecule has 2 aliphatic heterocycles. The molecule has 0 radical (unpaired) electrons. The summed E-state index contributed by atoms with van der Waals surface area (Å²) in [6.07, 6.45) is 5.46. The number of fused-ring (bicyclic) bond motifs is 4. The molecule has 0 bridgehead atoms. The largest absolute Gasteiger partial charge is 0.504 e. The molecule has 3 fully saturated rings. The topological polar surface area (TPSA) is 104 Å². The molecule has 218 valence electrons. The lowest BCUT2D eigenvalue weighted by Crippen LogP contribution is -2.60. The van der Waals surface area contributed by atoms with Crippen molar-refractivity contribution in [1.29, 1.82) is 0 Å². The Labute approximate surface area is 257 Å². The molecule has 4 amide bonds. The number of ether oxygens (including phenoxy) is 1. The molecule has 2 aromatic carbocycles. The van der Waals surface area contributed by atoms with E-state index in [1.54, 1.807) is 42.5 Å². The van der Waals surface area contributed by atoms with Crippen LogP contribution >= 0.6 is 34.8 Å². The normalized spacial score (nSPS) is 32.3. The molecule has 2 heterocycles. The number of carbonyl (C=O) groups excluding carboxylic acids is 4. The molecule has 11 heteroatoms. The summed E-state index contributed by atoms with van der Waals surface area (Å²) >= 11 is 20.6. The molecule has 1 N–H and O–H groups in total. The highest BCUT2D eigenvalue weighted by Gasteiger charge is 2.75. The van der Waals surface area contributed by atoms with Crippen molar-refractivity contribution in [2.45, 2.75) is 29.5 Å². The van der Waals surface area contributed by atoms with E-state index in [-0.39, 0.29) is 30.2 Å². The number of imide groups is 2. The highest BCUT2D eigenvalue weighted by atomic mass is 35.5. The Hall–Kier alpha value is -3.33. The number of anilines is 1. The van der Waals surface area contributed by atoms with Crippen molar-refractivity contribution in [3.63, 3.8) is 0 Å². The quantitative estimate of drug-likeness (QED) is 0.287. The van der Waals surface area contributed by atoms with Gasteiger partial charge in [0.25, 0.3) is 11.8 Å². The van der Waals surface area contributed by atoms with Gasteiger partial charge in [0.1, 0.15) is 0 Å². The molecular weight excluding hydrogens is 603 g/mol. The van der Waals surface area contributed by atoms with Crippen LogP contribution in [-0.2, 0) is 19.2 Å². The number of allylic oxidation sites excluding steroid dienone is 3. The summed E-state index contributed by atoms with van der Waals surface area (Å²) in [6, 6.07) is 9.77. The van der Waals surface area contributed by atoms with Crippen LogP contribution in [0.5, 0.6) is 11.5 Å². The molecule has 0 spiro atoms. The van der Waals surface area contributed by atoms with E-state index in [0.29, 0.717) is 21.8 Å². The first-order chi connectivity index (χ1) is 19.8. The predicted molar refractivity (Wildman–Crippen MR) is 159 cm³/mol. The number of phenolic OH excluding ortho intramolecular Hbond substituents is 1. The molecule has 2 saturated heterocycles. The Morgan fingerprint density at radius 3 is 2.45 bits per heavy atom. The second-order valence-corrected chi connectivity index (χ2v) is 12.9. The zero-order chi connectivity index (χ0) is 30.3. The minimum absolute atomic E-state index is 0.0379. The third-order valence-electron chi connectivity index (χ3n) is 9.17. The molecule has 0 aromatic heterocycles. The summed E-state index contributed by atoms with van der Waals surface area (Å²) in [5, 5.41) is 10.4. The number of likely N-dealkylation sites (tertiary alicyclic amines) is 1. The smallest absolute Gasteiger partial charge is 0.253 e. The van der Waals surface area contributed by atoms with E-state index >= 15 is 0 Å². The summed E-state index contributed by atoms with van der Waals surface area (Å²) in [6.45, 7) is 1.83. The average molecular weight is 630 g/mol. The summed E-state index contributed by atoms with van der Waals surface area (Å²) in [5.41, 5.74) is 2.52. The molecule has 2 aliphatic carbocycles. The fourth-order valence-electron chi connectivity index (χ4n) is 6.97. The lowest BCUT2D eigenvalue weighted by atomic mass is 9.57. The standard InChI is InChI=1S/C31H27Cl3N2O6/c1-15-4-7-17(13-22(15)32)36-26(38)19-9-8-18-20(25(19)27(36)39)14-30(33)28(40)35(2)29(41)31(30,34)21(18)10-5-16-6-11-23(37)24(12-16)42-3/h4-8,10-13,19-21,25,37H,9,14H2,1-3H3/t19-,20+,21-,25-,30+,31-/m0/s1. The molecule has 6 rings (SSSR count). The van der Waals surface area contributed by atoms with Crippen molar-refractivity contribution in [2.75, 3.05) is 19.1 Å². The number of alkyl halides is 2. The van der Waals surface area contributed by atoms with Gasteiger partial charge in [0.2, 0.25) is 11.8 Å². The first-order valence-electron chi connectivity index (χ1n) is 13.4. The number of amides is 4. The third-order valence-corrected chi connectivity index (χ3v) is 11.0. The molecule has 1 saturated carbocycles. The van der Waals surface area contributed by atoms with Crippen LogP contribution in [-0.4, -0.2) is 57.5 Å². The summed E-state index contributed by atoms with van der Waals surface area (Å²) in [7, 11) is 2.77. The van der Waals surface area contributed by atoms with Gasteiger partial charge < -0.3 is 9.84 Å². The zero-order valence-corrected chi connectivity index (χ0v) is 25.2. The number of hydrogen-bond donors (Lipinski definition) is 1. The number of hydrogen-bond acceptors (Lipinski definition) is 6. The minimum atomic E-state index is -1.86. The third kappa shape index (κ3) is 3.81. The van der Waals surface area contributed by atoms with E-state index < -0.39 is 51.1 Å². The Morgan fingerprint density at radius 1 is 1.02 bits per heavy atom. The van der Waals surface area contributed by atoms with Crippen molar-refractivity contribution in [3.05, 3.63) is 70.3 Å². The second kappa shape index (κ2) is 9.86. The molecule has 2 aromatic rings. The van der Waals surface area contributed by atoms with Crippen molar-refractivity contribution in [2.24, 2.45) is 23.7 Å². The van der Waals surface area contributed by atoms with E-state index in [1.807, 2.05) is 13.0 Å². The fourth-order valence-corrected chi connectivity index (χ4v) is 8.12. The summed E-state index contributed by atoms with van der Waals surface area (Å²) in [4.78, 5) is 53.2. The first kappa shape index (κ1) is 28.8. The number of aryl methyl sites for hydroxylation is 1. The molecule has 4 aliphatic rings. The highest BCUT2D eigenvalue weighted by molar-refractivity contribution is 6.53. The molecular formula is C31H27Cl3N2O6. The van der Waals surface area contributed by atoms with Crippen molar-refractivity contribution < 1.29 is 29.0 Å². The molecule has 6 atom stereocenters. The minimum Gasteiger partial charge on any atom is -0.504 e. The maximum absolute atomic E-state index is 14.0. The maximum atomic E-state index is 14.0. The number of methoxy groups -OCH3 is 1. The van der Waals surface area contributed by atoms with Crippen LogP contribution in [0.25, 0.3) is 6.08 Å². The van der Waals surface area contributed by atoms with Crippen molar-refractivity contribution >= 4 is 70.2 Å². The van der Waals surface area contributed by atoms with Gasteiger partial charge >= 0.3 is 0 Å². The summed E-state index contributed by atoms with van der Waals surface area (Å²) < 4.78 is 5.21. The Morgan fingerprint density at radius 2 is 1.76 bits per heavy atom. The highest BCUT2D eigenvalue weighted by Crippen LogP contribution is 2.63. The maximum Gasteiger partial charge on any atom is 0.253 e. The SMILES string of the molecule is COc1cc(C=C[C@H]2C3=CC[C@@H]4C(=O)N(c5ccc(C)c(Cl)c5)C(=O)[C@@H]4[C@@H]3C[C@@]3(Cl)C(=O)N(C)C(=O)[C@@]23Cl)ccc1O. The number of nitrogens with zero attached hydrogens (tertiary/aromatic N) is 2. The van der Waals surface area contributed by atoms with Crippen LogP contribution in [0.15, 0.2) is 54.1 Å². The Kier molecular flexibility index (Phi) is 6.76. The van der Waals surface area contributed by atoms with Crippen LogP contribution in [0.3, 0.4) is 0 Å². The zero-order valence-electron chi connectivity index (χ0n) is 22.9. The van der Waals surface area contributed by atoms with Gasteiger partial charge in [-0.2, -0.15) is 0 Å². The van der Waals surface area contributed by atoms with Crippen LogP contribution < -0.4 is 9.64 Å². The van der Waals surface area contributed by atoms with E-state index in [4.69, 9.17) is 39.5 Å².